The minimum atomic E-state index is -1.42. The highest BCUT2D eigenvalue weighted by atomic mass is 16.4. The number of hydrogen-bond donors (Lipinski definition) is 1. The van der Waals surface area contributed by atoms with Gasteiger partial charge in [0.05, 0.1) is 0 Å². The fourth-order valence-corrected chi connectivity index (χ4v) is 2.98. The molecule has 1 rings (SSSR count). The molecular formula is C20H28O3. The monoisotopic (exact) mass is 316 g/mol. The van der Waals surface area contributed by atoms with Crippen LogP contribution in [0, 0.1) is 5.41 Å². The van der Waals surface area contributed by atoms with Crippen molar-refractivity contribution in [1.82, 2.24) is 0 Å². The fourth-order valence-electron chi connectivity index (χ4n) is 2.98. The molecule has 3 nitrogen and oxygen atoms in total. The molecule has 1 N–H and O–H groups in total. The Balaban J connectivity index is 3.48. The normalized spacial score (nSPS) is 14.1. The van der Waals surface area contributed by atoms with E-state index >= 15 is 0 Å². The van der Waals surface area contributed by atoms with E-state index in [4.69, 9.17) is 5.11 Å². The SMILES string of the molecule is C=C(CCC)CC(C)(c1ccccc1C(=O)C(=O)O)C(C)(C)C. The summed E-state index contributed by atoms with van der Waals surface area (Å²) in [4.78, 5) is 23.3. The van der Waals surface area contributed by atoms with E-state index in [0.29, 0.717) is 0 Å². The predicted octanol–water partition coefficient (Wildman–Crippen LogP) is 5.00. The van der Waals surface area contributed by atoms with Gasteiger partial charge in [-0.1, -0.05) is 77.5 Å². The molecule has 23 heavy (non-hydrogen) atoms. The van der Waals surface area contributed by atoms with Crippen LogP contribution in [0.15, 0.2) is 36.4 Å². The lowest BCUT2D eigenvalue weighted by atomic mass is 9.60. The van der Waals surface area contributed by atoms with E-state index in [1.54, 1.807) is 12.1 Å². The number of ketones is 1. The van der Waals surface area contributed by atoms with Crippen molar-refractivity contribution in [3.8, 4) is 0 Å². The van der Waals surface area contributed by atoms with Gasteiger partial charge in [0.15, 0.2) is 0 Å². The molecule has 1 atom stereocenters. The highest BCUT2D eigenvalue weighted by Crippen LogP contribution is 2.47. The van der Waals surface area contributed by atoms with Crippen LogP contribution in [0.2, 0.25) is 0 Å². The Kier molecular flexibility index (Phi) is 5.92. The molecule has 0 amide bonds. The first-order valence-corrected chi connectivity index (χ1v) is 8.08. The molecular weight excluding hydrogens is 288 g/mol. The van der Waals surface area contributed by atoms with Crippen LogP contribution in [0.25, 0.3) is 0 Å². The molecule has 3 heteroatoms. The quantitative estimate of drug-likeness (QED) is 0.437. The molecule has 0 fully saturated rings. The van der Waals surface area contributed by atoms with Crippen molar-refractivity contribution in [3.63, 3.8) is 0 Å². The van der Waals surface area contributed by atoms with E-state index < -0.39 is 11.8 Å². The Bertz CT molecular complexity index is 608. The van der Waals surface area contributed by atoms with Crippen molar-refractivity contribution in [2.24, 2.45) is 5.41 Å². The van der Waals surface area contributed by atoms with Crippen molar-refractivity contribution >= 4 is 11.8 Å². The zero-order valence-electron chi connectivity index (χ0n) is 14.9. The Labute approximate surface area is 139 Å². The zero-order valence-corrected chi connectivity index (χ0v) is 14.9. The molecule has 0 spiro atoms. The van der Waals surface area contributed by atoms with E-state index in [0.717, 1.165) is 30.4 Å². The number of aliphatic carboxylic acids is 1. The van der Waals surface area contributed by atoms with Crippen molar-refractivity contribution in [1.29, 1.82) is 0 Å². The molecule has 0 aliphatic heterocycles. The maximum absolute atomic E-state index is 12.1. The number of carbonyl (C=O) groups excluding carboxylic acids is 1. The Morgan fingerprint density at radius 1 is 1.13 bits per heavy atom. The van der Waals surface area contributed by atoms with Gasteiger partial charge in [-0.05, 0) is 23.8 Å². The van der Waals surface area contributed by atoms with Crippen LogP contribution in [0.5, 0.6) is 0 Å². The number of carboxylic acid groups (broad SMARTS) is 1. The molecule has 0 heterocycles. The smallest absolute Gasteiger partial charge is 0.377 e. The predicted molar refractivity (Wildman–Crippen MR) is 93.9 cm³/mol. The number of carboxylic acids is 1. The Morgan fingerprint density at radius 3 is 2.17 bits per heavy atom. The maximum atomic E-state index is 12.1. The van der Waals surface area contributed by atoms with Gasteiger partial charge in [-0.15, -0.1) is 0 Å². The van der Waals surface area contributed by atoms with E-state index in [1.165, 1.54) is 0 Å². The third-order valence-electron chi connectivity index (χ3n) is 4.82. The van der Waals surface area contributed by atoms with E-state index in [-0.39, 0.29) is 16.4 Å². The molecule has 1 aromatic carbocycles. The molecule has 1 unspecified atom stereocenters. The van der Waals surface area contributed by atoms with Crippen LogP contribution in [-0.2, 0) is 10.2 Å². The van der Waals surface area contributed by atoms with E-state index in [2.05, 4.69) is 41.2 Å². The van der Waals surface area contributed by atoms with Crippen LogP contribution >= 0.6 is 0 Å². The zero-order chi connectivity index (χ0) is 17.8. The Hall–Kier alpha value is -1.90. The summed E-state index contributed by atoms with van der Waals surface area (Å²) in [7, 11) is 0. The molecule has 1 aromatic rings. The number of benzene rings is 1. The van der Waals surface area contributed by atoms with Crippen molar-refractivity contribution < 1.29 is 14.7 Å². The molecule has 0 aromatic heterocycles. The minimum Gasteiger partial charge on any atom is -0.475 e. The molecule has 0 radical (unpaired) electrons. The van der Waals surface area contributed by atoms with Gasteiger partial charge in [0.2, 0.25) is 0 Å². The second kappa shape index (κ2) is 7.12. The van der Waals surface area contributed by atoms with E-state index in [9.17, 15) is 9.59 Å². The molecule has 0 saturated carbocycles. The maximum Gasteiger partial charge on any atom is 0.377 e. The lowest BCUT2D eigenvalue weighted by Gasteiger charge is -2.44. The first kappa shape index (κ1) is 19.1. The number of allylic oxidation sites excluding steroid dienone is 1. The minimum absolute atomic E-state index is 0.154. The molecule has 0 saturated heterocycles. The van der Waals surface area contributed by atoms with Gasteiger partial charge >= 0.3 is 5.97 Å². The second-order valence-electron chi connectivity index (χ2n) is 7.44. The second-order valence-corrected chi connectivity index (χ2v) is 7.44. The van der Waals surface area contributed by atoms with Crippen LogP contribution in [0.1, 0.15) is 69.8 Å². The molecule has 0 bridgehead atoms. The van der Waals surface area contributed by atoms with Gasteiger partial charge in [-0.3, -0.25) is 4.79 Å². The molecule has 0 aliphatic rings. The summed E-state index contributed by atoms with van der Waals surface area (Å²) in [6.45, 7) is 14.7. The third-order valence-corrected chi connectivity index (χ3v) is 4.82. The largest absolute Gasteiger partial charge is 0.475 e. The first-order chi connectivity index (χ1) is 10.5. The van der Waals surface area contributed by atoms with E-state index in [1.807, 2.05) is 12.1 Å². The van der Waals surface area contributed by atoms with Crippen LogP contribution in [-0.4, -0.2) is 16.9 Å². The summed E-state index contributed by atoms with van der Waals surface area (Å²) < 4.78 is 0. The summed E-state index contributed by atoms with van der Waals surface area (Å²) in [6, 6.07) is 7.06. The van der Waals surface area contributed by atoms with Crippen molar-refractivity contribution in [3.05, 3.63) is 47.5 Å². The topological polar surface area (TPSA) is 54.4 Å². The van der Waals surface area contributed by atoms with Crippen LogP contribution in [0.3, 0.4) is 0 Å². The number of carbonyl (C=O) groups is 2. The van der Waals surface area contributed by atoms with Crippen molar-refractivity contribution in [2.45, 2.75) is 59.3 Å². The van der Waals surface area contributed by atoms with Gasteiger partial charge in [-0.2, -0.15) is 0 Å². The first-order valence-electron chi connectivity index (χ1n) is 8.08. The average Bonchev–Trinajstić information content (AvgIpc) is 2.45. The highest BCUT2D eigenvalue weighted by molar-refractivity contribution is 6.40. The highest BCUT2D eigenvalue weighted by Gasteiger charge is 2.41. The van der Waals surface area contributed by atoms with Gasteiger partial charge in [0.25, 0.3) is 5.78 Å². The Morgan fingerprint density at radius 2 is 1.70 bits per heavy atom. The summed E-state index contributed by atoms with van der Waals surface area (Å²) >= 11 is 0. The number of rotatable bonds is 7. The fraction of sp³-hybridized carbons (Fsp3) is 0.500. The summed E-state index contributed by atoms with van der Waals surface area (Å²) in [5, 5.41) is 9.13. The summed E-state index contributed by atoms with van der Waals surface area (Å²) in [5.41, 5.74) is 1.67. The van der Waals surface area contributed by atoms with Gasteiger partial charge in [0, 0.05) is 11.0 Å². The van der Waals surface area contributed by atoms with Gasteiger partial charge < -0.3 is 5.11 Å². The number of Topliss-reactive ketones (excluding diaryl/α,β-unsaturated/α-hetero) is 1. The van der Waals surface area contributed by atoms with Crippen molar-refractivity contribution in [2.75, 3.05) is 0 Å². The average molecular weight is 316 g/mol. The van der Waals surface area contributed by atoms with Gasteiger partial charge in [0.1, 0.15) is 0 Å². The van der Waals surface area contributed by atoms with Gasteiger partial charge in [-0.25, -0.2) is 4.79 Å². The molecule has 0 aliphatic carbocycles. The lowest BCUT2D eigenvalue weighted by molar-refractivity contribution is -0.131. The standard InChI is InChI=1S/C20H28O3/c1-7-10-14(2)13-20(6,19(3,4)5)16-12-9-8-11-15(16)17(21)18(22)23/h8-9,11-12H,2,7,10,13H2,1,3-6H3,(H,22,23). The summed E-state index contributed by atoms with van der Waals surface area (Å²) in [6.07, 6.45) is 2.68. The lowest BCUT2D eigenvalue weighted by Crippen LogP contribution is -2.39. The third kappa shape index (κ3) is 4.10. The van der Waals surface area contributed by atoms with Crippen LogP contribution in [0.4, 0.5) is 0 Å². The molecule has 126 valence electrons. The number of hydrogen-bond acceptors (Lipinski definition) is 2. The van der Waals surface area contributed by atoms with Crippen LogP contribution < -0.4 is 0 Å². The summed E-state index contributed by atoms with van der Waals surface area (Å²) in [5.74, 6) is -2.27.